The number of ether oxygens (including phenoxy) is 1. The zero-order valence-corrected chi connectivity index (χ0v) is 15.7. The number of anilines is 1. The average Bonchev–Trinajstić information content (AvgIpc) is 3.33. The molecule has 7 nitrogen and oxygen atoms in total. The minimum absolute atomic E-state index is 0.107. The molecule has 1 aromatic carbocycles. The minimum atomic E-state index is -0.337. The molecule has 7 heteroatoms. The van der Waals surface area contributed by atoms with Crippen molar-refractivity contribution < 1.29 is 18.8 Å². The lowest BCUT2D eigenvalue weighted by atomic mass is 9.84. The van der Waals surface area contributed by atoms with Gasteiger partial charge in [-0.3, -0.25) is 9.59 Å². The number of rotatable bonds is 7. The van der Waals surface area contributed by atoms with Crippen LogP contribution in [0.5, 0.6) is 5.75 Å². The molecule has 1 aromatic heterocycles. The number of hydrogen-bond donors (Lipinski definition) is 2. The molecule has 0 spiro atoms. The highest BCUT2D eigenvalue weighted by Crippen LogP contribution is 2.38. The van der Waals surface area contributed by atoms with Crippen molar-refractivity contribution in [2.75, 3.05) is 19.0 Å². The zero-order valence-electron chi connectivity index (χ0n) is 15.7. The van der Waals surface area contributed by atoms with Gasteiger partial charge in [0.25, 0.3) is 0 Å². The molecule has 1 saturated carbocycles. The molecule has 2 amide bonds. The van der Waals surface area contributed by atoms with Gasteiger partial charge in [-0.2, -0.15) is 0 Å². The molecule has 1 heterocycles. The quantitative estimate of drug-likeness (QED) is 0.780. The number of methoxy groups -OCH3 is 1. The van der Waals surface area contributed by atoms with Gasteiger partial charge in [0.2, 0.25) is 11.8 Å². The highest BCUT2D eigenvalue weighted by Gasteiger charge is 2.32. The van der Waals surface area contributed by atoms with Crippen LogP contribution in [0.4, 0.5) is 5.82 Å². The number of carbonyl (C=O) groups is 2. The van der Waals surface area contributed by atoms with E-state index in [9.17, 15) is 9.59 Å². The monoisotopic (exact) mass is 371 g/mol. The number of amides is 2. The van der Waals surface area contributed by atoms with Crippen molar-refractivity contribution >= 4 is 17.6 Å². The van der Waals surface area contributed by atoms with Crippen molar-refractivity contribution in [3.63, 3.8) is 0 Å². The van der Waals surface area contributed by atoms with Crippen molar-refractivity contribution in [2.24, 2.45) is 5.92 Å². The van der Waals surface area contributed by atoms with Gasteiger partial charge in [0.15, 0.2) is 5.82 Å². The number of nitrogens with zero attached hydrogens (tertiary/aromatic N) is 1. The number of hydrogen-bond acceptors (Lipinski definition) is 5. The molecule has 0 saturated heterocycles. The lowest BCUT2D eigenvalue weighted by Crippen LogP contribution is -2.38. The highest BCUT2D eigenvalue weighted by molar-refractivity contribution is 5.95. The Balaban J connectivity index is 1.64. The largest absolute Gasteiger partial charge is 0.497 e. The number of nitrogens with one attached hydrogen (secondary N) is 2. The van der Waals surface area contributed by atoms with Gasteiger partial charge in [-0.1, -0.05) is 30.1 Å². The second-order valence-corrected chi connectivity index (χ2v) is 6.88. The molecular formula is C20H25N3O4. The average molecular weight is 371 g/mol. The van der Waals surface area contributed by atoms with E-state index >= 15 is 0 Å². The Bertz CT molecular complexity index is 779. The fraction of sp³-hybridized carbons (Fsp3) is 0.450. The number of aryl methyl sites for hydroxylation is 1. The fourth-order valence-electron chi connectivity index (χ4n) is 3.63. The zero-order chi connectivity index (χ0) is 19.2. The molecule has 1 aliphatic carbocycles. The number of carbonyl (C=O) groups excluding carboxylic acids is 2. The number of aromatic nitrogens is 1. The van der Waals surface area contributed by atoms with Crippen LogP contribution in [0.1, 0.15) is 42.9 Å². The lowest BCUT2D eigenvalue weighted by molar-refractivity contribution is -0.126. The summed E-state index contributed by atoms with van der Waals surface area (Å²) in [4.78, 5) is 25.0. The maximum absolute atomic E-state index is 12.9. The predicted molar refractivity (Wildman–Crippen MR) is 101 cm³/mol. The standard InChI is InChI=1S/C20H25N3O4/c1-13-11-17(23-27-13)22-18(24)12-21-20(25)19(14-5-3-4-6-14)15-7-9-16(26-2)10-8-15/h7-11,14,19H,3-6,12H2,1-2H3,(H,21,25)(H,22,23,24). The van der Waals surface area contributed by atoms with E-state index in [-0.39, 0.29) is 24.3 Å². The maximum Gasteiger partial charge on any atom is 0.245 e. The van der Waals surface area contributed by atoms with E-state index < -0.39 is 0 Å². The van der Waals surface area contributed by atoms with Gasteiger partial charge in [-0.15, -0.1) is 0 Å². The second kappa shape index (κ2) is 8.70. The maximum atomic E-state index is 12.9. The summed E-state index contributed by atoms with van der Waals surface area (Å²) in [6, 6.07) is 9.21. The van der Waals surface area contributed by atoms with Crippen LogP contribution in [0, 0.1) is 12.8 Å². The van der Waals surface area contributed by atoms with E-state index in [1.54, 1.807) is 20.1 Å². The van der Waals surface area contributed by atoms with Gasteiger partial charge in [-0.25, -0.2) is 0 Å². The third-order valence-corrected chi connectivity index (χ3v) is 4.95. The normalized spacial score (nSPS) is 15.3. The summed E-state index contributed by atoms with van der Waals surface area (Å²) in [6.45, 7) is 1.63. The second-order valence-electron chi connectivity index (χ2n) is 6.88. The first kappa shape index (κ1) is 18.9. The lowest BCUT2D eigenvalue weighted by Gasteiger charge is -2.23. The van der Waals surface area contributed by atoms with Gasteiger partial charge in [0.05, 0.1) is 19.6 Å². The summed E-state index contributed by atoms with van der Waals surface area (Å²) in [5.74, 6) is 1.27. The van der Waals surface area contributed by atoms with E-state index in [4.69, 9.17) is 9.26 Å². The summed E-state index contributed by atoms with van der Waals surface area (Å²) in [5, 5.41) is 9.09. The van der Waals surface area contributed by atoms with Crippen LogP contribution in [-0.2, 0) is 9.59 Å². The molecule has 144 valence electrons. The first-order valence-corrected chi connectivity index (χ1v) is 9.21. The molecule has 0 radical (unpaired) electrons. The predicted octanol–water partition coefficient (Wildman–Crippen LogP) is 3.02. The molecule has 1 atom stereocenters. The Labute approximate surface area is 158 Å². The summed E-state index contributed by atoms with van der Waals surface area (Å²) in [7, 11) is 1.62. The molecule has 2 N–H and O–H groups in total. The first-order valence-electron chi connectivity index (χ1n) is 9.21. The Kier molecular flexibility index (Phi) is 6.11. The van der Waals surface area contributed by atoms with Crippen molar-refractivity contribution in [1.29, 1.82) is 0 Å². The third kappa shape index (κ3) is 4.87. The summed E-state index contributed by atoms with van der Waals surface area (Å²) in [6.07, 6.45) is 4.32. The summed E-state index contributed by atoms with van der Waals surface area (Å²) < 4.78 is 10.1. The van der Waals surface area contributed by atoms with Crippen LogP contribution in [0.25, 0.3) is 0 Å². The van der Waals surface area contributed by atoms with Gasteiger partial charge in [0, 0.05) is 6.07 Å². The van der Waals surface area contributed by atoms with Crippen LogP contribution < -0.4 is 15.4 Å². The van der Waals surface area contributed by atoms with E-state index in [0.717, 1.165) is 37.0 Å². The van der Waals surface area contributed by atoms with Crippen LogP contribution in [0.15, 0.2) is 34.9 Å². The van der Waals surface area contributed by atoms with Gasteiger partial charge >= 0.3 is 0 Å². The molecule has 27 heavy (non-hydrogen) atoms. The Morgan fingerprint density at radius 3 is 2.56 bits per heavy atom. The van der Waals surface area contributed by atoms with Gasteiger partial charge < -0.3 is 19.9 Å². The molecular weight excluding hydrogens is 346 g/mol. The van der Waals surface area contributed by atoms with Gasteiger partial charge in [0.1, 0.15) is 11.5 Å². The van der Waals surface area contributed by atoms with Crippen molar-refractivity contribution in [2.45, 2.75) is 38.5 Å². The molecule has 2 aromatic rings. The van der Waals surface area contributed by atoms with Crippen LogP contribution >= 0.6 is 0 Å². The Morgan fingerprint density at radius 1 is 1.26 bits per heavy atom. The van der Waals surface area contributed by atoms with E-state index in [1.807, 2.05) is 24.3 Å². The molecule has 0 aliphatic heterocycles. The van der Waals surface area contributed by atoms with Crippen LogP contribution in [0.3, 0.4) is 0 Å². The molecule has 3 rings (SSSR count). The summed E-state index contributed by atoms with van der Waals surface area (Å²) >= 11 is 0. The van der Waals surface area contributed by atoms with Gasteiger partial charge in [-0.05, 0) is 43.4 Å². The smallest absolute Gasteiger partial charge is 0.245 e. The van der Waals surface area contributed by atoms with E-state index in [2.05, 4.69) is 15.8 Å². The first-order chi connectivity index (χ1) is 13.1. The Morgan fingerprint density at radius 2 is 1.96 bits per heavy atom. The minimum Gasteiger partial charge on any atom is -0.497 e. The Hall–Kier alpha value is -2.83. The van der Waals surface area contributed by atoms with Crippen molar-refractivity contribution in [3.8, 4) is 5.75 Å². The van der Waals surface area contributed by atoms with Crippen molar-refractivity contribution in [3.05, 3.63) is 41.7 Å². The highest BCUT2D eigenvalue weighted by atomic mass is 16.5. The van der Waals surface area contributed by atoms with Crippen LogP contribution in [0.2, 0.25) is 0 Å². The third-order valence-electron chi connectivity index (χ3n) is 4.95. The fourth-order valence-corrected chi connectivity index (χ4v) is 3.63. The molecule has 1 fully saturated rings. The van der Waals surface area contributed by atoms with E-state index in [0.29, 0.717) is 17.5 Å². The molecule has 0 bridgehead atoms. The number of benzene rings is 1. The van der Waals surface area contributed by atoms with E-state index in [1.165, 1.54) is 0 Å². The van der Waals surface area contributed by atoms with Crippen LogP contribution in [-0.4, -0.2) is 30.6 Å². The topological polar surface area (TPSA) is 93.5 Å². The SMILES string of the molecule is COc1ccc(C(C(=O)NCC(=O)Nc2cc(C)on2)C2CCCC2)cc1. The van der Waals surface area contributed by atoms with Crippen molar-refractivity contribution in [1.82, 2.24) is 10.5 Å². The molecule has 1 unspecified atom stereocenters. The summed E-state index contributed by atoms with van der Waals surface area (Å²) in [5.41, 5.74) is 0.952. The molecule has 1 aliphatic rings.